The first-order valence-corrected chi connectivity index (χ1v) is 6.28. The molecular formula is C14H9BrNO2+. The fourth-order valence-corrected chi connectivity index (χ4v) is 2.56. The van der Waals surface area contributed by atoms with Crippen molar-refractivity contribution < 1.29 is 9.22 Å². The molecule has 88 valence electrons. The molecule has 0 aromatic heterocycles. The van der Waals surface area contributed by atoms with Gasteiger partial charge in [0, 0.05) is 17.5 Å². The van der Waals surface area contributed by atoms with Gasteiger partial charge in [-0.3, -0.25) is 4.79 Å². The highest BCUT2D eigenvalue weighted by Gasteiger charge is 2.40. The number of halogens is 1. The third-order valence-electron chi connectivity index (χ3n) is 2.73. The number of benzene rings is 1. The summed E-state index contributed by atoms with van der Waals surface area (Å²) in [7, 11) is 0. The van der Waals surface area contributed by atoms with Crippen LogP contribution in [0.15, 0.2) is 45.9 Å². The van der Waals surface area contributed by atoms with Gasteiger partial charge in [-0.1, -0.05) is 12.1 Å². The van der Waals surface area contributed by atoms with Crippen molar-refractivity contribution >= 4 is 38.9 Å². The maximum Gasteiger partial charge on any atom is 0.388 e. The van der Waals surface area contributed by atoms with Crippen LogP contribution < -0.4 is 0 Å². The largest absolute Gasteiger partial charge is 0.388 e. The van der Waals surface area contributed by atoms with Crippen LogP contribution in [0.5, 0.6) is 5.75 Å². The Morgan fingerprint density at radius 2 is 2.06 bits per heavy atom. The van der Waals surface area contributed by atoms with Gasteiger partial charge in [-0.05, 0) is 34.1 Å². The summed E-state index contributed by atoms with van der Waals surface area (Å²) in [6.45, 7) is 1.43. The molecular weight excluding hydrogens is 294 g/mol. The first-order chi connectivity index (χ1) is 8.66. The van der Waals surface area contributed by atoms with E-state index in [1.807, 2.05) is 30.3 Å². The molecule has 1 aliphatic carbocycles. The van der Waals surface area contributed by atoms with Gasteiger partial charge in [-0.15, -0.1) is 0 Å². The number of aliphatic imine (C=N–C) groups is 1. The number of rotatable bonds is 0. The minimum atomic E-state index is -0.237. The van der Waals surface area contributed by atoms with Crippen molar-refractivity contribution in [1.82, 2.24) is 0 Å². The van der Waals surface area contributed by atoms with E-state index in [4.69, 9.17) is 4.42 Å². The van der Waals surface area contributed by atoms with Crippen molar-refractivity contribution in [3.8, 4) is 5.75 Å². The zero-order valence-corrected chi connectivity index (χ0v) is 11.2. The topological polar surface area (TPSA) is 40.7 Å². The third kappa shape index (κ3) is 1.69. The van der Waals surface area contributed by atoms with Crippen molar-refractivity contribution in [3.63, 3.8) is 0 Å². The van der Waals surface area contributed by atoms with E-state index < -0.39 is 0 Å². The molecule has 0 saturated heterocycles. The monoisotopic (exact) mass is 302 g/mol. The van der Waals surface area contributed by atoms with Crippen LogP contribution in [0.2, 0.25) is 0 Å². The summed E-state index contributed by atoms with van der Waals surface area (Å²) < 4.78 is 6.72. The van der Waals surface area contributed by atoms with Crippen LogP contribution >= 0.6 is 15.9 Å². The van der Waals surface area contributed by atoms with Gasteiger partial charge >= 0.3 is 11.5 Å². The number of para-hydroxylation sites is 1. The van der Waals surface area contributed by atoms with Gasteiger partial charge in [0.1, 0.15) is 5.57 Å². The highest BCUT2D eigenvalue weighted by Crippen LogP contribution is 2.39. The number of ketones is 1. The van der Waals surface area contributed by atoms with E-state index in [0.717, 1.165) is 21.4 Å². The minimum Gasteiger partial charge on any atom is -0.273 e. The van der Waals surface area contributed by atoms with E-state index in [2.05, 4.69) is 20.9 Å². The molecule has 0 bridgehead atoms. The standard InChI is InChI=1S/C14H9BrNO2/c1-8(17)16-11-7-6-10(15)13-9-4-2-3-5-12(9)18-14(11)13/h2-7H,1H3/q+1. The lowest BCUT2D eigenvalue weighted by molar-refractivity contribution is -0.359. The van der Waals surface area contributed by atoms with Gasteiger partial charge < -0.3 is 0 Å². The molecule has 3 rings (SSSR count). The molecule has 1 aliphatic heterocycles. The molecule has 1 heterocycles. The molecule has 3 nitrogen and oxygen atoms in total. The van der Waals surface area contributed by atoms with Crippen LogP contribution in [-0.2, 0) is 9.22 Å². The van der Waals surface area contributed by atoms with Gasteiger partial charge in [-0.2, -0.15) is 0 Å². The molecule has 0 fully saturated rings. The van der Waals surface area contributed by atoms with Gasteiger partial charge in [0.05, 0.1) is 5.56 Å². The van der Waals surface area contributed by atoms with Crippen LogP contribution in [-0.4, -0.2) is 17.4 Å². The lowest BCUT2D eigenvalue weighted by Gasteiger charge is -2.03. The van der Waals surface area contributed by atoms with Crippen molar-refractivity contribution in [3.05, 3.63) is 46.5 Å². The first-order valence-electron chi connectivity index (χ1n) is 5.49. The predicted molar refractivity (Wildman–Crippen MR) is 74.0 cm³/mol. The second-order valence-electron chi connectivity index (χ2n) is 4.00. The molecule has 0 radical (unpaired) electrons. The molecule has 0 unspecified atom stereocenters. The average molecular weight is 303 g/mol. The zero-order valence-electron chi connectivity index (χ0n) is 9.61. The Hall–Kier alpha value is -1.81. The SMILES string of the molecule is CC(=O)N=C1C=CC(Br)=C2C1=[O+]c1ccccc12. The van der Waals surface area contributed by atoms with Gasteiger partial charge in [0.15, 0.2) is 5.71 Å². The Labute approximate surface area is 112 Å². The first kappa shape index (κ1) is 11.3. The van der Waals surface area contributed by atoms with Gasteiger partial charge in [0.25, 0.3) is 0 Å². The van der Waals surface area contributed by atoms with E-state index in [0.29, 0.717) is 11.5 Å². The molecule has 0 N–H and O–H groups in total. The summed E-state index contributed by atoms with van der Waals surface area (Å²) in [5, 5.41) is 0. The van der Waals surface area contributed by atoms with Crippen LogP contribution in [0.4, 0.5) is 0 Å². The predicted octanol–water partition coefficient (Wildman–Crippen LogP) is 3.18. The molecule has 1 aromatic rings. The van der Waals surface area contributed by atoms with E-state index in [1.165, 1.54) is 6.92 Å². The molecule has 1 aromatic carbocycles. The van der Waals surface area contributed by atoms with Crippen LogP contribution in [0.1, 0.15) is 12.5 Å². The van der Waals surface area contributed by atoms with Crippen molar-refractivity contribution in [2.45, 2.75) is 6.92 Å². The number of amides is 1. The fraction of sp³-hybridized carbons (Fsp3) is 0.0714. The van der Waals surface area contributed by atoms with E-state index in [1.54, 1.807) is 6.08 Å². The second-order valence-corrected chi connectivity index (χ2v) is 4.85. The number of hydrogen-bond acceptors (Lipinski definition) is 1. The van der Waals surface area contributed by atoms with Crippen LogP contribution in [0.25, 0.3) is 5.57 Å². The molecule has 0 atom stereocenters. The quantitative estimate of drug-likeness (QED) is 0.536. The Morgan fingerprint density at radius 1 is 1.28 bits per heavy atom. The average Bonchev–Trinajstić information content (AvgIpc) is 2.72. The number of fused-ring (bicyclic) bond motifs is 3. The number of nitrogens with zero attached hydrogens (tertiary/aromatic N) is 1. The molecule has 0 spiro atoms. The van der Waals surface area contributed by atoms with E-state index >= 15 is 0 Å². The summed E-state index contributed by atoms with van der Waals surface area (Å²) in [6, 6.07) is 7.77. The number of carbonyl (C=O) groups is 1. The maximum atomic E-state index is 11.1. The maximum absolute atomic E-state index is 11.1. The van der Waals surface area contributed by atoms with E-state index in [-0.39, 0.29) is 5.91 Å². The van der Waals surface area contributed by atoms with Crippen molar-refractivity contribution in [2.75, 3.05) is 0 Å². The Kier molecular flexibility index (Phi) is 2.59. The highest BCUT2D eigenvalue weighted by molar-refractivity contribution is 9.12. The van der Waals surface area contributed by atoms with Crippen LogP contribution in [0.3, 0.4) is 0 Å². The summed E-state index contributed by atoms with van der Waals surface area (Å²) in [4.78, 5) is 15.1. The van der Waals surface area contributed by atoms with Crippen LogP contribution in [0, 0.1) is 0 Å². The number of hydrogen-bond donors (Lipinski definition) is 0. The Balaban J connectivity index is 2.22. The highest BCUT2D eigenvalue weighted by atomic mass is 79.9. The molecule has 0 saturated carbocycles. The molecule has 18 heavy (non-hydrogen) atoms. The van der Waals surface area contributed by atoms with Gasteiger partial charge in [-0.25, -0.2) is 9.42 Å². The Bertz CT molecular complexity index is 681. The number of allylic oxidation sites excluding steroid dienone is 4. The fourth-order valence-electron chi connectivity index (χ4n) is 2.03. The summed E-state index contributed by atoms with van der Waals surface area (Å²) >= 11 is 3.51. The summed E-state index contributed by atoms with van der Waals surface area (Å²) in [6.07, 6.45) is 3.66. The molecule has 2 aliphatic rings. The lowest BCUT2D eigenvalue weighted by atomic mass is 9.96. The van der Waals surface area contributed by atoms with Crippen molar-refractivity contribution in [1.29, 1.82) is 0 Å². The molecule has 1 amide bonds. The lowest BCUT2D eigenvalue weighted by Crippen LogP contribution is -2.17. The molecule has 4 heteroatoms. The normalized spacial score (nSPS) is 18.8. The minimum absolute atomic E-state index is 0.237. The van der Waals surface area contributed by atoms with Crippen molar-refractivity contribution in [2.24, 2.45) is 4.99 Å². The summed E-state index contributed by atoms with van der Waals surface area (Å²) in [5.41, 5.74) is 2.53. The summed E-state index contributed by atoms with van der Waals surface area (Å²) in [5.74, 6) is 1.19. The Morgan fingerprint density at radius 3 is 2.83 bits per heavy atom. The second kappa shape index (κ2) is 4.14. The van der Waals surface area contributed by atoms with E-state index in [9.17, 15) is 4.79 Å². The zero-order chi connectivity index (χ0) is 12.7. The smallest absolute Gasteiger partial charge is 0.273 e. The third-order valence-corrected chi connectivity index (χ3v) is 3.39. The van der Waals surface area contributed by atoms with Gasteiger partial charge in [0.2, 0.25) is 5.91 Å². The number of carbonyl (C=O) groups excluding carboxylic acids is 2.